The van der Waals surface area contributed by atoms with E-state index >= 15 is 0 Å². The minimum atomic E-state index is -0.162. The SMILES string of the molecule is COCCOc1cccc(-c2nc(N)ncc2-c2ccc(=O)n(C(C)C)n2)c1. The second-order valence-corrected chi connectivity index (χ2v) is 6.45. The van der Waals surface area contributed by atoms with E-state index in [1.807, 2.05) is 38.1 Å². The van der Waals surface area contributed by atoms with Gasteiger partial charge in [-0.25, -0.2) is 14.6 Å². The van der Waals surface area contributed by atoms with Crippen LogP contribution >= 0.6 is 0 Å². The Morgan fingerprint density at radius 1 is 1.18 bits per heavy atom. The molecule has 0 spiro atoms. The summed E-state index contributed by atoms with van der Waals surface area (Å²) in [6.45, 7) is 4.75. The van der Waals surface area contributed by atoms with Gasteiger partial charge < -0.3 is 15.2 Å². The summed E-state index contributed by atoms with van der Waals surface area (Å²) in [6.07, 6.45) is 1.62. The molecule has 0 aliphatic carbocycles. The van der Waals surface area contributed by atoms with Gasteiger partial charge in [-0.05, 0) is 32.0 Å². The van der Waals surface area contributed by atoms with E-state index in [1.54, 1.807) is 19.4 Å². The molecule has 146 valence electrons. The maximum absolute atomic E-state index is 12.0. The number of aromatic nitrogens is 4. The van der Waals surface area contributed by atoms with Gasteiger partial charge in [-0.1, -0.05) is 12.1 Å². The molecule has 0 unspecified atom stereocenters. The number of ether oxygens (including phenoxy) is 2. The molecular weight excluding hydrogens is 358 g/mol. The quantitative estimate of drug-likeness (QED) is 0.627. The number of hydrogen-bond donors (Lipinski definition) is 1. The van der Waals surface area contributed by atoms with E-state index in [0.717, 1.165) is 5.56 Å². The third-order valence-corrected chi connectivity index (χ3v) is 4.06. The zero-order chi connectivity index (χ0) is 20.1. The molecule has 0 aliphatic rings. The molecule has 2 heterocycles. The van der Waals surface area contributed by atoms with Crippen molar-refractivity contribution < 1.29 is 9.47 Å². The van der Waals surface area contributed by atoms with Crippen molar-refractivity contribution in [2.24, 2.45) is 0 Å². The van der Waals surface area contributed by atoms with E-state index < -0.39 is 0 Å². The molecule has 0 aliphatic heterocycles. The standard InChI is InChI=1S/C20H23N5O3/c1-13(2)25-18(26)8-7-17(24-25)16-12-22-20(21)23-19(16)14-5-4-6-15(11-14)28-10-9-27-3/h4-8,11-13H,9-10H2,1-3H3,(H2,21,22,23). The summed E-state index contributed by atoms with van der Waals surface area (Å²) in [5, 5.41) is 4.48. The molecule has 0 radical (unpaired) electrons. The number of nitrogens with two attached hydrogens (primary N) is 1. The highest BCUT2D eigenvalue weighted by atomic mass is 16.5. The van der Waals surface area contributed by atoms with E-state index in [0.29, 0.717) is 35.9 Å². The summed E-state index contributed by atoms with van der Waals surface area (Å²) in [6, 6.07) is 10.6. The van der Waals surface area contributed by atoms with E-state index in [-0.39, 0.29) is 17.5 Å². The van der Waals surface area contributed by atoms with Crippen LogP contribution in [0.1, 0.15) is 19.9 Å². The number of nitrogen functional groups attached to an aromatic ring is 1. The first-order chi connectivity index (χ1) is 13.5. The van der Waals surface area contributed by atoms with Crippen molar-refractivity contribution >= 4 is 5.95 Å². The van der Waals surface area contributed by atoms with Crippen LogP contribution in [0.3, 0.4) is 0 Å². The number of benzene rings is 1. The van der Waals surface area contributed by atoms with Crippen LogP contribution in [0.4, 0.5) is 5.95 Å². The average Bonchev–Trinajstić information content (AvgIpc) is 2.69. The zero-order valence-corrected chi connectivity index (χ0v) is 16.1. The fraction of sp³-hybridized carbons (Fsp3) is 0.300. The molecule has 8 nitrogen and oxygen atoms in total. The van der Waals surface area contributed by atoms with Crippen LogP contribution in [-0.4, -0.2) is 40.1 Å². The molecule has 0 saturated heterocycles. The summed E-state index contributed by atoms with van der Waals surface area (Å²) in [5.41, 5.74) is 8.37. The molecule has 3 rings (SSSR count). The van der Waals surface area contributed by atoms with E-state index in [9.17, 15) is 4.79 Å². The number of hydrogen-bond acceptors (Lipinski definition) is 7. The second-order valence-electron chi connectivity index (χ2n) is 6.45. The van der Waals surface area contributed by atoms with E-state index in [1.165, 1.54) is 10.7 Å². The molecular formula is C20H23N5O3. The first-order valence-corrected chi connectivity index (χ1v) is 8.94. The Balaban J connectivity index is 2.06. The van der Waals surface area contributed by atoms with Gasteiger partial charge in [-0.2, -0.15) is 5.10 Å². The Morgan fingerprint density at radius 2 is 2.00 bits per heavy atom. The number of nitrogens with zero attached hydrogens (tertiary/aromatic N) is 4. The highest BCUT2D eigenvalue weighted by Crippen LogP contribution is 2.31. The highest BCUT2D eigenvalue weighted by molar-refractivity contribution is 5.79. The van der Waals surface area contributed by atoms with Gasteiger partial charge in [0.1, 0.15) is 12.4 Å². The number of rotatable bonds is 7. The lowest BCUT2D eigenvalue weighted by atomic mass is 10.0. The normalized spacial score (nSPS) is 11.0. The lowest BCUT2D eigenvalue weighted by Crippen LogP contribution is -2.24. The van der Waals surface area contributed by atoms with Gasteiger partial charge in [0.15, 0.2) is 0 Å². The Bertz CT molecular complexity index is 1020. The molecule has 0 atom stereocenters. The lowest BCUT2D eigenvalue weighted by molar-refractivity contribution is 0.146. The van der Waals surface area contributed by atoms with Crippen molar-refractivity contribution in [3.63, 3.8) is 0 Å². The van der Waals surface area contributed by atoms with Crippen molar-refractivity contribution in [2.75, 3.05) is 26.1 Å². The number of anilines is 1. The molecule has 8 heteroatoms. The third-order valence-electron chi connectivity index (χ3n) is 4.06. The molecule has 0 amide bonds. The van der Waals surface area contributed by atoms with Gasteiger partial charge >= 0.3 is 0 Å². The first-order valence-electron chi connectivity index (χ1n) is 8.94. The average molecular weight is 381 g/mol. The molecule has 1 aromatic carbocycles. The van der Waals surface area contributed by atoms with Crippen LogP contribution in [0.2, 0.25) is 0 Å². The van der Waals surface area contributed by atoms with Crippen molar-refractivity contribution in [3.05, 3.63) is 52.9 Å². The van der Waals surface area contributed by atoms with Gasteiger partial charge in [-0.15, -0.1) is 0 Å². The molecule has 0 fully saturated rings. The van der Waals surface area contributed by atoms with Gasteiger partial charge in [0.2, 0.25) is 5.95 Å². The summed E-state index contributed by atoms with van der Waals surface area (Å²) in [5.74, 6) is 0.847. The Hall–Kier alpha value is -3.26. The van der Waals surface area contributed by atoms with Gasteiger partial charge in [0, 0.05) is 30.5 Å². The lowest BCUT2D eigenvalue weighted by Gasteiger charge is -2.13. The minimum absolute atomic E-state index is 0.0666. The number of methoxy groups -OCH3 is 1. The van der Waals surface area contributed by atoms with Gasteiger partial charge in [-0.3, -0.25) is 4.79 Å². The molecule has 2 N–H and O–H groups in total. The molecule has 0 saturated carbocycles. The largest absolute Gasteiger partial charge is 0.491 e. The molecule has 28 heavy (non-hydrogen) atoms. The highest BCUT2D eigenvalue weighted by Gasteiger charge is 2.15. The van der Waals surface area contributed by atoms with Crippen LogP contribution < -0.4 is 16.0 Å². The molecule has 0 bridgehead atoms. The summed E-state index contributed by atoms with van der Waals surface area (Å²) >= 11 is 0. The minimum Gasteiger partial charge on any atom is -0.491 e. The van der Waals surface area contributed by atoms with Crippen molar-refractivity contribution in [2.45, 2.75) is 19.9 Å². The monoisotopic (exact) mass is 381 g/mol. The van der Waals surface area contributed by atoms with E-state index in [4.69, 9.17) is 15.2 Å². The van der Waals surface area contributed by atoms with Crippen molar-refractivity contribution in [1.29, 1.82) is 0 Å². The summed E-state index contributed by atoms with van der Waals surface area (Å²) in [7, 11) is 1.62. The van der Waals surface area contributed by atoms with E-state index in [2.05, 4.69) is 15.1 Å². The predicted molar refractivity (Wildman–Crippen MR) is 107 cm³/mol. The topological polar surface area (TPSA) is 105 Å². The maximum Gasteiger partial charge on any atom is 0.267 e. The summed E-state index contributed by atoms with van der Waals surface area (Å²) < 4.78 is 12.1. The van der Waals surface area contributed by atoms with Crippen LogP contribution in [0.25, 0.3) is 22.5 Å². The maximum atomic E-state index is 12.0. The Kier molecular flexibility index (Phi) is 6.00. The van der Waals surface area contributed by atoms with Crippen molar-refractivity contribution in [1.82, 2.24) is 19.7 Å². The fourth-order valence-electron chi connectivity index (χ4n) is 2.72. The van der Waals surface area contributed by atoms with Gasteiger partial charge in [0.25, 0.3) is 5.56 Å². The van der Waals surface area contributed by atoms with Gasteiger partial charge in [0.05, 0.1) is 24.0 Å². The van der Waals surface area contributed by atoms with Crippen LogP contribution in [-0.2, 0) is 4.74 Å². The van der Waals surface area contributed by atoms with Crippen molar-refractivity contribution in [3.8, 4) is 28.3 Å². The fourth-order valence-corrected chi connectivity index (χ4v) is 2.72. The molecule has 3 aromatic rings. The third kappa shape index (κ3) is 4.34. The first kappa shape index (κ1) is 19.5. The Labute approximate surface area is 163 Å². The predicted octanol–water partition coefficient (Wildman–Crippen LogP) is 2.56. The smallest absolute Gasteiger partial charge is 0.267 e. The van der Waals surface area contributed by atoms with Crippen LogP contribution in [0, 0.1) is 0 Å². The molecule has 2 aromatic heterocycles. The van der Waals surface area contributed by atoms with Crippen LogP contribution in [0.5, 0.6) is 5.75 Å². The zero-order valence-electron chi connectivity index (χ0n) is 16.1. The summed E-state index contributed by atoms with van der Waals surface area (Å²) in [4.78, 5) is 20.6. The second kappa shape index (κ2) is 8.62. The van der Waals surface area contributed by atoms with Crippen LogP contribution in [0.15, 0.2) is 47.4 Å². The Morgan fingerprint density at radius 3 is 2.75 bits per heavy atom.